The molecule has 2 rings (SSSR count). The van der Waals surface area contributed by atoms with Crippen molar-refractivity contribution in [1.29, 1.82) is 0 Å². The molecule has 0 bridgehead atoms. The lowest BCUT2D eigenvalue weighted by Crippen LogP contribution is -2.20. The molecular weight excluding hydrogens is 271 g/mol. The molecule has 0 aliphatic heterocycles. The minimum absolute atomic E-state index is 0.0945. The first-order valence-corrected chi connectivity index (χ1v) is 6.59. The fourth-order valence-electron chi connectivity index (χ4n) is 1.79. The van der Waals surface area contributed by atoms with E-state index in [-0.39, 0.29) is 18.3 Å². The Kier molecular flexibility index (Phi) is 5.29. The SMILES string of the molecule is CNCc1ccc(OCC(=O)Nc2ccc(F)cc2)cc1. The summed E-state index contributed by atoms with van der Waals surface area (Å²) in [5.74, 6) is -0.00377. The summed E-state index contributed by atoms with van der Waals surface area (Å²) < 4.78 is 18.1. The van der Waals surface area contributed by atoms with Crippen molar-refractivity contribution in [2.45, 2.75) is 6.54 Å². The molecule has 0 radical (unpaired) electrons. The van der Waals surface area contributed by atoms with Gasteiger partial charge in [-0.15, -0.1) is 0 Å². The maximum atomic E-state index is 12.7. The topological polar surface area (TPSA) is 50.4 Å². The van der Waals surface area contributed by atoms with Crippen molar-refractivity contribution in [3.05, 3.63) is 59.9 Å². The molecule has 4 nitrogen and oxygen atoms in total. The minimum Gasteiger partial charge on any atom is -0.484 e. The molecule has 21 heavy (non-hydrogen) atoms. The number of ether oxygens (including phenoxy) is 1. The lowest BCUT2D eigenvalue weighted by molar-refractivity contribution is -0.118. The van der Waals surface area contributed by atoms with Gasteiger partial charge >= 0.3 is 0 Å². The minimum atomic E-state index is -0.342. The Morgan fingerprint density at radius 2 is 1.76 bits per heavy atom. The molecule has 5 heteroatoms. The highest BCUT2D eigenvalue weighted by molar-refractivity contribution is 5.91. The monoisotopic (exact) mass is 288 g/mol. The summed E-state index contributed by atoms with van der Waals surface area (Å²) in [5, 5.41) is 5.68. The third kappa shape index (κ3) is 4.89. The molecule has 110 valence electrons. The second-order valence-corrected chi connectivity index (χ2v) is 4.52. The molecule has 0 saturated carbocycles. The fraction of sp³-hybridized carbons (Fsp3) is 0.188. The average Bonchev–Trinajstić information content (AvgIpc) is 2.49. The summed E-state index contributed by atoms with van der Waals surface area (Å²) in [6, 6.07) is 13.1. The maximum Gasteiger partial charge on any atom is 0.262 e. The van der Waals surface area contributed by atoms with Crippen LogP contribution in [-0.4, -0.2) is 19.6 Å². The van der Waals surface area contributed by atoms with Crippen LogP contribution in [0.25, 0.3) is 0 Å². The number of rotatable bonds is 6. The zero-order valence-electron chi connectivity index (χ0n) is 11.7. The van der Waals surface area contributed by atoms with Gasteiger partial charge in [-0.05, 0) is 49.0 Å². The van der Waals surface area contributed by atoms with E-state index in [1.165, 1.54) is 24.3 Å². The van der Waals surface area contributed by atoms with Gasteiger partial charge in [0.15, 0.2) is 6.61 Å². The van der Waals surface area contributed by atoms with Crippen molar-refractivity contribution >= 4 is 11.6 Å². The average molecular weight is 288 g/mol. The number of carbonyl (C=O) groups is 1. The van der Waals surface area contributed by atoms with Crippen LogP contribution < -0.4 is 15.4 Å². The summed E-state index contributed by atoms with van der Waals surface area (Å²) in [7, 11) is 1.88. The van der Waals surface area contributed by atoms with Crippen molar-refractivity contribution in [2.24, 2.45) is 0 Å². The number of hydrogen-bond acceptors (Lipinski definition) is 3. The van der Waals surface area contributed by atoms with Gasteiger partial charge in [0, 0.05) is 12.2 Å². The normalized spacial score (nSPS) is 10.2. The van der Waals surface area contributed by atoms with E-state index in [9.17, 15) is 9.18 Å². The van der Waals surface area contributed by atoms with Gasteiger partial charge < -0.3 is 15.4 Å². The number of carbonyl (C=O) groups excluding carboxylic acids is 1. The summed E-state index contributed by atoms with van der Waals surface area (Å²) in [5.41, 5.74) is 1.68. The Bertz CT molecular complexity index is 582. The molecule has 0 atom stereocenters. The van der Waals surface area contributed by atoms with Crippen LogP contribution >= 0.6 is 0 Å². The molecule has 0 spiro atoms. The number of nitrogens with one attached hydrogen (secondary N) is 2. The molecular formula is C16H17FN2O2. The van der Waals surface area contributed by atoms with Crippen LogP contribution in [0, 0.1) is 5.82 Å². The van der Waals surface area contributed by atoms with Crippen LogP contribution in [0.4, 0.5) is 10.1 Å². The van der Waals surface area contributed by atoms with E-state index in [0.717, 1.165) is 12.1 Å². The van der Waals surface area contributed by atoms with Crippen LogP contribution in [-0.2, 0) is 11.3 Å². The molecule has 0 saturated heterocycles. The number of amides is 1. The van der Waals surface area contributed by atoms with E-state index in [1.54, 1.807) is 0 Å². The van der Waals surface area contributed by atoms with Crippen LogP contribution in [0.2, 0.25) is 0 Å². The Morgan fingerprint density at radius 3 is 2.38 bits per heavy atom. The van der Waals surface area contributed by atoms with Crippen molar-refractivity contribution in [2.75, 3.05) is 19.0 Å². The lowest BCUT2D eigenvalue weighted by atomic mass is 10.2. The Morgan fingerprint density at radius 1 is 1.10 bits per heavy atom. The highest BCUT2D eigenvalue weighted by atomic mass is 19.1. The van der Waals surface area contributed by atoms with Crippen LogP contribution in [0.3, 0.4) is 0 Å². The molecule has 0 unspecified atom stereocenters. The van der Waals surface area contributed by atoms with Gasteiger partial charge in [-0.1, -0.05) is 12.1 Å². The van der Waals surface area contributed by atoms with Gasteiger partial charge in [0.2, 0.25) is 0 Å². The predicted octanol–water partition coefficient (Wildman–Crippen LogP) is 2.56. The van der Waals surface area contributed by atoms with Crippen LogP contribution in [0.1, 0.15) is 5.56 Å². The molecule has 0 aliphatic carbocycles. The molecule has 0 fully saturated rings. The van der Waals surface area contributed by atoms with Gasteiger partial charge in [-0.25, -0.2) is 4.39 Å². The third-order valence-electron chi connectivity index (χ3n) is 2.80. The molecule has 0 heterocycles. The summed E-state index contributed by atoms with van der Waals surface area (Å²) >= 11 is 0. The Labute approximate surface area is 122 Å². The first-order valence-electron chi connectivity index (χ1n) is 6.59. The van der Waals surface area contributed by atoms with E-state index in [1.807, 2.05) is 31.3 Å². The van der Waals surface area contributed by atoms with Crippen molar-refractivity contribution in [3.63, 3.8) is 0 Å². The van der Waals surface area contributed by atoms with Crippen molar-refractivity contribution in [3.8, 4) is 5.75 Å². The second-order valence-electron chi connectivity index (χ2n) is 4.52. The summed E-state index contributed by atoms with van der Waals surface area (Å²) in [4.78, 5) is 11.7. The van der Waals surface area contributed by atoms with E-state index < -0.39 is 0 Å². The number of hydrogen-bond donors (Lipinski definition) is 2. The van der Waals surface area contributed by atoms with Gasteiger partial charge in [0.25, 0.3) is 5.91 Å². The van der Waals surface area contributed by atoms with Gasteiger partial charge in [-0.3, -0.25) is 4.79 Å². The number of benzene rings is 2. The number of anilines is 1. The summed E-state index contributed by atoms with van der Waals surface area (Å²) in [6.07, 6.45) is 0. The van der Waals surface area contributed by atoms with Crippen molar-refractivity contribution < 1.29 is 13.9 Å². The third-order valence-corrected chi connectivity index (χ3v) is 2.80. The van der Waals surface area contributed by atoms with Gasteiger partial charge in [0.05, 0.1) is 0 Å². The standard InChI is InChI=1S/C16H17FN2O2/c1-18-10-12-2-8-15(9-3-12)21-11-16(20)19-14-6-4-13(17)5-7-14/h2-9,18H,10-11H2,1H3,(H,19,20). The lowest BCUT2D eigenvalue weighted by Gasteiger charge is -2.08. The second kappa shape index (κ2) is 7.40. The Hall–Kier alpha value is -2.40. The molecule has 2 N–H and O–H groups in total. The number of halogens is 1. The first-order chi connectivity index (χ1) is 10.2. The molecule has 0 aliphatic rings. The smallest absolute Gasteiger partial charge is 0.262 e. The van der Waals surface area contributed by atoms with Crippen LogP contribution in [0.5, 0.6) is 5.75 Å². The van der Waals surface area contributed by atoms with Crippen LogP contribution in [0.15, 0.2) is 48.5 Å². The predicted molar refractivity (Wildman–Crippen MR) is 79.7 cm³/mol. The first kappa shape index (κ1) is 15.0. The zero-order chi connectivity index (χ0) is 15.1. The van der Waals surface area contributed by atoms with E-state index in [4.69, 9.17) is 4.74 Å². The quantitative estimate of drug-likeness (QED) is 0.859. The maximum absolute atomic E-state index is 12.7. The largest absolute Gasteiger partial charge is 0.484 e. The van der Waals surface area contributed by atoms with Gasteiger partial charge in [-0.2, -0.15) is 0 Å². The van der Waals surface area contributed by atoms with E-state index in [2.05, 4.69) is 10.6 Å². The molecule has 2 aromatic carbocycles. The summed E-state index contributed by atoms with van der Waals surface area (Å²) in [6.45, 7) is 0.689. The molecule has 2 aromatic rings. The van der Waals surface area contributed by atoms with Crippen molar-refractivity contribution in [1.82, 2.24) is 5.32 Å². The highest BCUT2D eigenvalue weighted by Gasteiger charge is 2.04. The fourth-order valence-corrected chi connectivity index (χ4v) is 1.79. The zero-order valence-corrected chi connectivity index (χ0v) is 11.7. The highest BCUT2D eigenvalue weighted by Crippen LogP contribution is 2.12. The Balaban J connectivity index is 1.81. The van der Waals surface area contributed by atoms with Gasteiger partial charge in [0.1, 0.15) is 11.6 Å². The van der Waals surface area contributed by atoms with E-state index >= 15 is 0 Å². The van der Waals surface area contributed by atoms with E-state index in [0.29, 0.717) is 11.4 Å². The molecule has 0 aromatic heterocycles. The molecule has 1 amide bonds.